The molecule has 3 rings (SSSR count). The molecule has 1 saturated heterocycles. The minimum absolute atomic E-state index is 0.108. The van der Waals surface area contributed by atoms with Gasteiger partial charge in [-0.15, -0.1) is 0 Å². The summed E-state index contributed by atoms with van der Waals surface area (Å²) in [6, 6.07) is 11.0. The van der Waals surface area contributed by atoms with Crippen LogP contribution in [0.5, 0.6) is 5.75 Å². The second-order valence-electron chi connectivity index (χ2n) is 6.22. The Morgan fingerprint density at radius 1 is 1.12 bits per heavy atom. The Bertz CT molecular complexity index is 748. The van der Waals surface area contributed by atoms with E-state index in [0.29, 0.717) is 24.3 Å². The van der Waals surface area contributed by atoms with E-state index in [1.807, 2.05) is 31.2 Å². The molecule has 1 aliphatic rings. The van der Waals surface area contributed by atoms with E-state index in [9.17, 15) is 9.59 Å². The lowest BCUT2D eigenvalue weighted by molar-refractivity contribution is 0.0589. The van der Waals surface area contributed by atoms with Gasteiger partial charge in [0, 0.05) is 32.1 Å². The van der Waals surface area contributed by atoms with E-state index in [0.717, 1.165) is 18.6 Å². The third kappa shape index (κ3) is 4.15. The number of carbonyl (C=O) groups is 2. The van der Waals surface area contributed by atoms with Gasteiger partial charge in [0.2, 0.25) is 5.91 Å². The van der Waals surface area contributed by atoms with Crippen LogP contribution in [0.15, 0.2) is 42.6 Å². The van der Waals surface area contributed by atoms with Crippen molar-refractivity contribution in [2.75, 3.05) is 13.1 Å². The fourth-order valence-corrected chi connectivity index (χ4v) is 2.81. The maximum atomic E-state index is 12.5. The highest BCUT2D eigenvalue weighted by Gasteiger charge is 2.25. The molecular formula is C19H21N3O3. The number of primary amides is 1. The molecule has 1 aliphatic heterocycles. The summed E-state index contributed by atoms with van der Waals surface area (Å²) in [5.74, 6) is 0.171. The summed E-state index contributed by atoms with van der Waals surface area (Å²) in [5.41, 5.74) is 6.99. The van der Waals surface area contributed by atoms with Gasteiger partial charge in [-0.05, 0) is 31.2 Å². The average Bonchev–Trinajstić information content (AvgIpc) is 2.64. The van der Waals surface area contributed by atoms with E-state index in [4.69, 9.17) is 10.5 Å². The number of nitrogens with two attached hydrogens (primary N) is 1. The highest BCUT2D eigenvalue weighted by atomic mass is 16.5. The highest BCUT2D eigenvalue weighted by Crippen LogP contribution is 2.20. The largest absolute Gasteiger partial charge is 0.490 e. The molecule has 0 radical (unpaired) electrons. The number of pyridine rings is 1. The number of hydrogen-bond donors (Lipinski definition) is 1. The van der Waals surface area contributed by atoms with Gasteiger partial charge in [0.05, 0.1) is 5.56 Å². The van der Waals surface area contributed by atoms with Gasteiger partial charge in [-0.25, -0.2) is 0 Å². The third-order valence-corrected chi connectivity index (χ3v) is 4.32. The van der Waals surface area contributed by atoms with Crippen molar-refractivity contribution in [2.45, 2.75) is 25.9 Å². The summed E-state index contributed by atoms with van der Waals surface area (Å²) in [4.78, 5) is 29.4. The predicted molar refractivity (Wildman–Crippen MR) is 93.5 cm³/mol. The monoisotopic (exact) mass is 339 g/mol. The minimum Gasteiger partial charge on any atom is -0.490 e. The molecule has 1 aromatic heterocycles. The quantitative estimate of drug-likeness (QED) is 0.925. The predicted octanol–water partition coefficient (Wildman–Crippen LogP) is 2.17. The maximum Gasteiger partial charge on any atom is 0.272 e. The van der Waals surface area contributed by atoms with Crippen LogP contribution in [0.4, 0.5) is 0 Å². The first-order chi connectivity index (χ1) is 12.0. The molecule has 0 unspecified atom stereocenters. The lowest BCUT2D eigenvalue weighted by Gasteiger charge is -2.32. The van der Waals surface area contributed by atoms with Crippen LogP contribution in [0.2, 0.25) is 0 Å². The van der Waals surface area contributed by atoms with E-state index in [2.05, 4.69) is 4.98 Å². The molecule has 0 aliphatic carbocycles. The number of likely N-dealkylation sites (tertiary alicyclic amines) is 1. The van der Waals surface area contributed by atoms with E-state index in [-0.39, 0.29) is 12.0 Å². The lowest BCUT2D eigenvalue weighted by atomic mass is 10.1. The third-order valence-electron chi connectivity index (χ3n) is 4.32. The molecule has 2 heterocycles. The van der Waals surface area contributed by atoms with Crippen LogP contribution in [-0.2, 0) is 0 Å². The van der Waals surface area contributed by atoms with Crippen LogP contribution < -0.4 is 10.5 Å². The molecule has 0 spiro atoms. The van der Waals surface area contributed by atoms with Crippen LogP contribution in [0.25, 0.3) is 0 Å². The van der Waals surface area contributed by atoms with Gasteiger partial charge in [-0.1, -0.05) is 17.7 Å². The SMILES string of the molecule is Cc1ccc(OC2CCN(C(=O)c3ccc(C(N)=O)cn3)CC2)cc1. The molecule has 2 amide bonds. The summed E-state index contributed by atoms with van der Waals surface area (Å²) in [7, 11) is 0. The molecule has 1 aromatic carbocycles. The van der Waals surface area contributed by atoms with Crippen LogP contribution in [-0.4, -0.2) is 40.9 Å². The number of piperidine rings is 1. The zero-order chi connectivity index (χ0) is 17.8. The molecule has 2 aromatic rings. The Hall–Kier alpha value is -2.89. The Balaban J connectivity index is 1.55. The number of hydrogen-bond acceptors (Lipinski definition) is 4. The van der Waals surface area contributed by atoms with Crippen LogP contribution >= 0.6 is 0 Å². The van der Waals surface area contributed by atoms with Gasteiger partial charge in [-0.3, -0.25) is 14.6 Å². The first kappa shape index (κ1) is 17.0. The van der Waals surface area contributed by atoms with Crippen molar-refractivity contribution in [2.24, 2.45) is 5.73 Å². The highest BCUT2D eigenvalue weighted by molar-refractivity contribution is 5.95. The Morgan fingerprint density at radius 2 is 1.80 bits per heavy atom. The van der Waals surface area contributed by atoms with Crippen molar-refractivity contribution in [3.05, 3.63) is 59.4 Å². The maximum absolute atomic E-state index is 12.5. The van der Waals surface area contributed by atoms with Crippen molar-refractivity contribution in [1.82, 2.24) is 9.88 Å². The average molecular weight is 339 g/mol. The molecule has 0 atom stereocenters. The van der Waals surface area contributed by atoms with Crippen molar-refractivity contribution in [3.8, 4) is 5.75 Å². The van der Waals surface area contributed by atoms with Crippen LogP contribution in [0.1, 0.15) is 39.3 Å². The summed E-state index contributed by atoms with van der Waals surface area (Å²) in [6.45, 7) is 3.28. The normalized spacial score (nSPS) is 15.0. The van der Waals surface area contributed by atoms with Gasteiger partial charge < -0.3 is 15.4 Å². The first-order valence-electron chi connectivity index (χ1n) is 8.31. The zero-order valence-electron chi connectivity index (χ0n) is 14.1. The van der Waals surface area contributed by atoms with Crippen LogP contribution in [0, 0.1) is 6.92 Å². The standard InChI is InChI=1S/C19H21N3O3/c1-13-2-5-15(6-3-13)25-16-8-10-22(11-9-16)19(24)17-7-4-14(12-21-17)18(20)23/h2-7,12,16H,8-11H2,1H3,(H2,20,23). The first-order valence-corrected chi connectivity index (χ1v) is 8.31. The summed E-state index contributed by atoms with van der Waals surface area (Å²) >= 11 is 0. The number of aryl methyl sites for hydroxylation is 1. The van der Waals surface area contributed by atoms with Gasteiger partial charge in [0.25, 0.3) is 5.91 Å². The molecule has 130 valence electrons. The van der Waals surface area contributed by atoms with E-state index in [1.54, 1.807) is 4.90 Å². The van der Waals surface area contributed by atoms with Crippen molar-refractivity contribution in [1.29, 1.82) is 0 Å². The van der Waals surface area contributed by atoms with Gasteiger partial charge in [0.15, 0.2) is 0 Å². The van der Waals surface area contributed by atoms with Crippen molar-refractivity contribution < 1.29 is 14.3 Å². The number of aromatic nitrogens is 1. The number of benzene rings is 1. The molecule has 1 fully saturated rings. The number of rotatable bonds is 4. The number of ether oxygens (including phenoxy) is 1. The summed E-state index contributed by atoms with van der Waals surface area (Å²) in [6.07, 6.45) is 3.00. The Labute approximate surface area is 146 Å². The Kier molecular flexibility index (Phi) is 4.97. The molecular weight excluding hydrogens is 318 g/mol. The smallest absolute Gasteiger partial charge is 0.272 e. The van der Waals surface area contributed by atoms with E-state index in [1.165, 1.54) is 23.9 Å². The van der Waals surface area contributed by atoms with Crippen molar-refractivity contribution >= 4 is 11.8 Å². The van der Waals surface area contributed by atoms with Crippen LogP contribution in [0.3, 0.4) is 0 Å². The zero-order valence-corrected chi connectivity index (χ0v) is 14.1. The minimum atomic E-state index is -0.555. The molecule has 0 saturated carbocycles. The number of carbonyl (C=O) groups excluding carboxylic acids is 2. The van der Waals surface area contributed by atoms with Gasteiger partial charge >= 0.3 is 0 Å². The molecule has 6 nitrogen and oxygen atoms in total. The second kappa shape index (κ2) is 7.34. The van der Waals surface area contributed by atoms with E-state index >= 15 is 0 Å². The fourth-order valence-electron chi connectivity index (χ4n) is 2.81. The Morgan fingerprint density at radius 3 is 2.36 bits per heavy atom. The van der Waals surface area contributed by atoms with Gasteiger partial charge in [-0.2, -0.15) is 0 Å². The molecule has 6 heteroatoms. The summed E-state index contributed by atoms with van der Waals surface area (Å²) < 4.78 is 5.98. The lowest BCUT2D eigenvalue weighted by Crippen LogP contribution is -2.42. The molecule has 2 N–H and O–H groups in total. The van der Waals surface area contributed by atoms with Crippen molar-refractivity contribution in [3.63, 3.8) is 0 Å². The summed E-state index contributed by atoms with van der Waals surface area (Å²) in [5, 5.41) is 0. The number of amides is 2. The molecule has 0 bridgehead atoms. The second-order valence-corrected chi connectivity index (χ2v) is 6.22. The molecule has 25 heavy (non-hydrogen) atoms. The number of nitrogens with zero attached hydrogens (tertiary/aromatic N) is 2. The van der Waals surface area contributed by atoms with Gasteiger partial charge in [0.1, 0.15) is 17.5 Å². The fraction of sp³-hybridized carbons (Fsp3) is 0.316. The topological polar surface area (TPSA) is 85.5 Å². The van der Waals surface area contributed by atoms with E-state index < -0.39 is 5.91 Å².